The van der Waals surface area contributed by atoms with E-state index in [0.717, 1.165) is 0 Å². The van der Waals surface area contributed by atoms with Gasteiger partial charge in [0.15, 0.2) is 0 Å². The first-order valence-electron chi connectivity index (χ1n) is 5.65. The molecule has 1 aromatic carbocycles. The average molecular weight is 272 g/mol. The highest BCUT2D eigenvalue weighted by molar-refractivity contribution is 7.89. The first-order valence-corrected chi connectivity index (χ1v) is 7.13. The molecule has 0 aliphatic rings. The van der Waals surface area contributed by atoms with Crippen LogP contribution in [-0.2, 0) is 10.0 Å². The fourth-order valence-electron chi connectivity index (χ4n) is 1.52. The molecule has 0 fully saturated rings. The number of aliphatic hydroxyl groups excluding tert-OH is 1. The molecule has 1 aromatic rings. The first kappa shape index (κ1) is 14.9. The number of sulfonamides is 1. The van der Waals surface area contributed by atoms with Gasteiger partial charge in [-0.1, -0.05) is 12.1 Å². The highest BCUT2D eigenvalue weighted by atomic mass is 32.2. The summed E-state index contributed by atoms with van der Waals surface area (Å²) >= 11 is 0. The second kappa shape index (κ2) is 4.87. The quantitative estimate of drug-likeness (QED) is 0.713. The summed E-state index contributed by atoms with van der Waals surface area (Å²) in [6.07, 6.45) is -0.822. The van der Waals surface area contributed by atoms with Gasteiger partial charge in [-0.2, -0.15) is 0 Å². The highest BCUT2D eigenvalue weighted by Gasteiger charge is 2.32. The number of nitrogens with one attached hydrogen (secondary N) is 1. The Morgan fingerprint density at radius 3 is 2.39 bits per heavy atom. The molecule has 0 spiro atoms. The molecule has 0 amide bonds. The zero-order valence-electron chi connectivity index (χ0n) is 11.1. The van der Waals surface area contributed by atoms with E-state index in [1.807, 2.05) is 0 Å². The molecular formula is C12H20N2O3S. The van der Waals surface area contributed by atoms with Crippen molar-refractivity contribution in [3.8, 4) is 0 Å². The molecule has 0 heterocycles. The van der Waals surface area contributed by atoms with Crippen molar-refractivity contribution in [1.82, 2.24) is 4.72 Å². The summed E-state index contributed by atoms with van der Waals surface area (Å²) in [4.78, 5) is 0.0683. The summed E-state index contributed by atoms with van der Waals surface area (Å²) in [6.45, 7) is 6.44. The third-order valence-corrected chi connectivity index (χ3v) is 4.84. The molecule has 6 heteroatoms. The first-order chi connectivity index (χ1) is 8.08. The monoisotopic (exact) mass is 272 g/mol. The molecule has 0 aliphatic heterocycles. The van der Waals surface area contributed by atoms with Crippen molar-refractivity contribution >= 4 is 15.7 Å². The van der Waals surface area contributed by atoms with Gasteiger partial charge in [-0.05, 0) is 39.3 Å². The van der Waals surface area contributed by atoms with Gasteiger partial charge in [0.2, 0.25) is 10.0 Å². The maximum atomic E-state index is 12.3. The van der Waals surface area contributed by atoms with Crippen LogP contribution in [0.5, 0.6) is 0 Å². The van der Waals surface area contributed by atoms with E-state index >= 15 is 0 Å². The Morgan fingerprint density at radius 1 is 1.39 bits per heavy atom. The molecule has 5 nitrogen and oxygen atoms in total. The van der Waals surface area contributed by atoms with Crippen molar-refractivity contribution in [3.63, 3.8) is 0 Å². The molecule has 0 saturated carbocycles. The maximum Gasteiger partial charge on any atom is 0.243 e. The smallest absolute Gasteiger partial charge is 0.243 e. The van der Waals surface area contributed by atoms with Crippen LogP contribution in [0.15, 0.2) is 23.1 Å². The number of hydrogen-bond acceptors (Lipinski definition) is 4. The topological polar surface area (TPSA) is 92.4 Å². The Bertz CT molecular complexity index is 516. The number of rotatable bonds is 4. The second-order valence-corrected chi connectivity index (χ2v) is 6.62. The summed E-state index contributed by atoms with van der Waals surface area (Å²) in [5.41, 5.74) is 5.53. The van der Waals surface area contributed by atoms with Crippen molar-refractivity contribution in [2.24, 2.45) is 0 Å². The third-order valence-electron chi connectivity index (χ3n) is 2.95. The predicted molar refractivity (Wildman–Crippen MR) is 71.7 cm³/mol. The number of aliphatic hydroxyl groups is 1. The van der Waals surface area contributed by atoms with Gasteiger partial charge >= 0.3 is 0 Å². The molecule has 1 unspecified atom stereocenters. The van der Waals surface area contributed by atoms with E-state index in [2.05, 4.69) is 4.72 Å². The largest absolute Gasteiger partial charge is 0.398 e. The Balaban J connectivity index is 3.24. The third kappa shape index (κ3) is 3.01. The normalized spacial score (nSPS) is 14.5. The summed E-state index contributed by atoms with van der Waals surface area (Å²) in [6, 6.07) is 4.92. The Kier molecular flexibility index (Phi) is 4.05. The lowest BCUT2D eigenvalue weighted by Gasteiger charge is -2.29. The van der Waals surface area contributed by atoms with Crippen LogP contribution in [0.4, 0.5) is 5.69 Å². The van der Waals surface area contributed by atoms with E-state index in [1.165, 1.54) is 13.0 Å². The fraction of sp³-hybridized carbons (Fsp3) is 0.500. The van der Waals surface area contributed by atoms with Gasteiger partial charge in [-0.3, -0.25) is 0 Å². The van der Waals surface area contributed by atoms with Gasteiger partial charge in [0.05, 0.1) is 17.3 Å². The molecule has 18 heavy (non-hydrogen) atoms. The van der Waals surface area contributed by atoms with Gasteiger partial charge in [-0.15, -0.1) is 0 Å². The van der Waals surface area contributed by atoms with Crippen LogP contribution >= 0.6 is 0 Å². The molecule has 0 radical (unpaired) electrons. The number of benzene rings is 1. The van der Waals surface area contributed by atoms with Crippen molar-refractivity contribution in [2.75, 3.05) is 5.73 Å². The Labute approximate surface area is 108 Å². The highest BCUT2D eigenvalue weighted by Crippen LogP contribution is 2.24. The number of anilines is 1. The summed E-state index contributed by atoms with van der Waals surface area (Å²) in [7, 11) is -3.76. The van der Waals surface area contributed by atoms with Crippen molar-refractivity contribution in [1.29, 1.82) is 0 Å². The van der Waals surface area contributed by atoms with Crippen molar-refractivity contribution in [3.05, 3.63) is 23.8 Å². The zero-order chi connectivity index (χ0) is 14.1. The molecule has 0 saturated heterocycles. The molecule has 1 atom stereocenters. The molecule has 0 aliphatic carbocycles. The molecule has 0 bridgehead atoms. The molecule has 102 valence electrons. The summed E-state index contributed by atoms with van der Waals surface area (Å²) in [5, 5.41) is 9.57. The lowest BCUT2D eigenvalue weighted by atomic mass is 10.0. The molecular weight excluding hydrogens is 252 g/mol. The number of nitrogens with two attached hydrogens (primary N) is 1. The number of aryl methyl sites for hydroxylation is 1. The van der Waals surface area contributed by atoms with Crippen LogP contribution in [0.2, 0.25) is 0 Å². The minimum absolute atomic E-state index is 0.0683. The van der Waals surface area contributed by atoms with Crippen LogP contribution in [-0.4, -0.2) is 25.2 Å². The van der Waals surface area contributed by atoms with Gasteiger partial charge < -0.3 is 10.8 Å². The predicted octanol–water partition coefficient (Wildman–Crippen LogP) is 1.01. The van der Waals surface area contributed by atoms with E-state index < -0.39 is 21.7 Å². The molecule has 4 N–H and O–H groups in total. The fourth-order valence-corrected chi connectivity index (χ4v) is 3.36. The SMILES string of the molecule is Cc1cccc(N)c1S(=O)(=O)NC(C)(C)C(C)O. The summed E-state index contributed by atoms with van der Waals surface area (Å²) in [5.74, 6) is 0. The zero-order valence-corrected chi connectivity index (χ0v) is 11.9. The second-order valence-electron chi connectivity index (χ2n) is 5.00. The van der Waals surface area contributed by atoms with E-state index in [-0.39, 0.29) is 10.6 Å². The van der Waals surface area contributed by atoms with Crippen LogP contribution in [0.3, 0.4) is 0 Å². The van der Waals surface area contributed by atoms with Crippen molar-refractivity contribution < 1.29 is 13.5 Å². The van der Waals surface area contributed by atoms with Crippen molar-refractivity contribution in [2.45, 2.75) is 44.2 Å². The average Bonchev–Trinajstić information content (AvgIpc) is 2.14. The van der Waals surface area contributed by atoms with E-state index in [9.17, 15) is 13.5 Å². The van der Waals surface area contributed by atoms with E-state index in [4.69, 9.17) is 5.73 Å². The molecule has 1 rings (SSSR count). The number of nitrogen functional groups attached to an aromatic ring is 1. The van der Waals surface area contributed by atoms with Gasteiger partial charge in [0.25, 0.3) is 0 Å². The Hall–Kier alpha value is -1.11. The van der Waals surface area contributed by atoms with Crippen LogP contribution in [0, 0.1) is 6.92 Å². The minimum Gasteiger partial charge on any atom is -0.398 e. The lowest BCUT2D eigenvalue weighted by Crippen LogP contribution is -2.51. The van der Waals surface area contributed by atoms with Crippen LogP contribution in [0.1, 0.15) is 26.3 Å². The van der Waals surface area contributed by atoms with Crippen LogP contribution < -0.4 is 10.5 Å². The van der Waals surface area contributed by atoms with Crippen LogP contribution in [0.25, 0.3) is 0 Å². The maximum absolute atomic E-state index is 12.3. The lowest BCUT2D eigenvalue weighted by molar-refractivity contribution is 0.111. The standard InChI is InChI=1S/C12H20N2O3S/c1-8-6-5-7-10(13)11(8)18(16,17)14-12(3,4)9(2)15/h5-7,9,14-15H,13H2,1-4H3. The van der Waals surface area contributed by atoms with E-state index in [1.54, 1.807) is 32.9 Å². The van der Waals surface area contributed by atoms with Gasteiger partial charge in [0, 0.05) is 0 Å². The minimum atomic E-state index is -3.76. The molecule has 0 aromatic heterocycles. The summed E-state index contributed by atoms with van der Waals surface area (Å²) < 4.78 is 27.1. The van der Waals surface area contributed by atoms with E-state index in [0.29, 0.717) is 5.56 Å². The Morgan fingerprint density at radius 2 is 1.94 bits per heavy atom. The number of hydrogen-bond donors (Lipinski definition) is 3. The van der Waals surface area contributed by atoms with Gasteiger partial charge in [0.1, 0.15) is 4.90 Å². The van der Waals surface area contributed by atoms with Gasteiger partial charge in [-0.25, -0.2) is 13.1 Å².